The molecule has 2 aromatic carbocycles. The van der Waals surface area contributed by atoms with E-state index < -0.39 is 11.7 Å². The molecule has 1 atom stereocenters. The Morgan fingerprint density at radius 2 is 1.61 bits per heavy atom. The van der Waals surface area contributed by atoms with Gasteiger partial charge in [-0.25, -0.2) is 8.78 Å². The number of allylic oxidation sites excluding steroid dienone is 3. The van der Waals surface area contributed by atoms with Crippen LogP contribution in [0.5, 0.6) is 0 Å². The Hall–Kier alpha value is -3.46. The summed E-state index contributed by atoms with van der Waals surface area (Å²) in [4.78, 5) is 14.6. The highest BCUT2D eigenvalue weighted by molar-refractivity contribution is 6.01. The quantitative estimate of drug-likeness (QED) is 0.849. The van der Waals surface area contributed by atoms with Crippen LogP contribution in [0.15, 0.2) is 71.2 Å². The van der Waals surface area contributed by atoms with E-state index in [0.717, 1.165) is 0 Å². The van der Waals surface area contributed by atoms with Crippen LogP contribution in [0.1, 0.15) is 30.7 Å². The SMILES string of the molecule is N#CC1=C(N)N(c2ccc(F)cc2)C2=C(C(=O)CCC2)[C@@H]1c1ccc(F)cc1. The van der Waals surface area contributed by atoms with Gasteiger partial charge in [-0.1, -0.05) is 12.1 Å². The molecule has 0 spiro atoms. The number of nitrogens with two attached hydrogens (primary N) is 1. The fraction of sp³-hybridized carbons (Fsp3) is 0.182. The summed E-state index contributed by atoms with van der Waals surface area (Å²) in [5, 5.41) is 9.85. The minimum atomic E-state index is -0.634. The number of rotatable bonds is 2. The molecular formula is C22H17F2N3O. The number of ketones is 1. The summed E-state index contributed by atoms with van der Waals surface area (Å²) in [7, 11) is 0. The second-order valence-corrected chi connectivity index (χ2v) is 6.84. The third-order valence-electron chi connectivity index (χ3n) is 5.20. The molecule has 140 valence electrons. The summed E-state index contributed by atoms with van der Waals surface area (Å²) in [6.07, 6.45) is 1.66. The predicted octanol–water partition coefficient (Wildman–Crippen LogP) is 4.27. The molecule has 2 N–H and O–H groups in total. The van der Waals surface area contributed by atoms with E-state index in [0.29, 0.717) is 41.8 Å². The van der Waals surface area contributed by atoms with Crippen LogP contribution in [-0.2, 0) is 4.79 Å². The van der Waals surface area contributed by atoms with Gasteiger partial charge in [0.15, 0.2) is 5.78 Å². The first-order chi connectivity index (χ1) is 13.5. The number of carbonyl (C=O) groups is 1. The summed E-state index contributed by atoms with van der Waals surface area (Å²) in [6, 6.07) is 13.7. The zero-order chi connectivity index (χ0) is 19.8. The van der Waals surface area contributed by atoms with E-state index in [2.05, 4.69) is 6.07 Å². The van der Waals surface area contributed by atoms with Gasteiger partial charge in [-0.15, -0.1) is 0 Å². The number of Topliss-reactive ketones (excluding diaryl/α,β-unsaturated/α-hetero) is 1. The molecule has 0 radical (unpaired) electrons. The van der Waals surface area contributed by atoms with Crippen LogP contribution >= 0.6 is 0 Å². The van der Waals surface area contributed by atoms with Crippen LogP contribution in [0.3, 0.4) is 0 Å². The van der Waals surface area contributed by atoms with Gasteiger partial charge in [0.25, 0.3) is 0 Å². The molecule has 4 rings (SSSR count). The predicted molar refractivity (Wildman–Crippen MR) is 101 cm³/mol. The summed E-state index contributed by atoms with van der Waals surface area (Å²) in [6.45, 7) is 0. The van der Waals surface area contributed by atoms with Crippen molar-refractivity contribution in [2.45, 2.75) is 25.2 Å². The maximum Gasteiger partial charge on any atom is 0.161 e. The average Bonchev–Trinajstić information content (AvgIpc) is 2.69. The largest absolute Gasteiger partial charge is 0.384 e. The van der Waals surface area contributed by atoms with Gasteiger partial charge in [0.1, 0.15) is 17.5 Å². The van der Waals surface area contributed by atoms with Crippen LogP contribution in [0.2, 0.25) is 0 Å². The van der Waals surface area contributed by atoms with Crippen molar-refractivity contribution in [2.75, 3.05) is 4.90 Å². The van der Waals surface area contributed by atoms with Crippen molar-refractivity contribution in [3.63, 3.8) is 0 Å². The van der Waals surface area contributed by atoms with Crippen molar-refractivity contribution in [1.29, 1.82) is 5.26 Å². The minimum Gasteiger partial charge on any atom is -0.384 e. The number of carbonyl (C=O) groups excluding carboxylic acids is 1. The lowest BCUT2D eigenvalue weighted by Crippen LogP contribution is -2.38. The molecule has 1 aliphatic carbocycles. The smallest absolute Gasteiger partial charge is 0.161 e. The second-order valence-electron chi connectivity index (χ2n) is 6.84. The Balaban J connectivity index is 1.95. The molecule has 0 bridgehead atoms. The molecule has 2 aromatic rings. The number of anilines is 1. The lowest BCUT2D eigenvalue weighted by molar-refractivity contribution is -0.116. The Labute approximate surface area is 161 Å². The van der Waals surface area contributed by atoms with Gasteiger partial charge in [0, 0.05) is 23.4 Å². The van der Waals surface area contributed by atoms with E-state index in [1.165, 1.54) is 24.3 Å². The third kappa shape index (κ3) is 2.85. The topological polar surface area (TPSA) is 70.1 Å². The Morgan fingerprint density at radius 1 is 1.00 bits per heavy atom. The average molecular weight is 377 g/mol. The first-order valence-corrected chi connectivity index (χ1v) is 8.98. The van der Waals surface area contributed by atoms with Crippen molar-refractivity contribution in [1.82, 2.24) is 0 Å². The Kier molecular flexibility index (Phi) is 4.44. The second kappa shape index (κ2) is 6.93. The van der Waals surface area contributed by atoms with Crippen LogP contribution in [0.4, 0.5) is 14.5 Å². The fourth-order valence-electron chi connectivity index (χ4n) is 3.96. The standard InChI is InChI=1S/C22H17F2N3O/c23-14-6-4-13(5-7-14)20-17(12-25)22(26)27(16-10-8-15(24)9-11-16)18-2-1-3-19(28)21(18)20/h4-11,20H,1-3,26H2/t20-/m1/s1. The molecule has 0 unspecified atom stereocenters. The molecule has 0 aromatic heterocycles. The molecule has 0 fully saturated rings. The van der Waals surface area contributed by atoms with E-state index >= 15 is 0 Å². The van der Waals surface area contributed by atoms with Crippen LogP contribution in [0.25, 0.3) is 0 Å². The lowest BCUT2D eigenvalue weighted by Gasteiger charge is -2.39. The molecule has 1 aliphatic heterocycles. The van der Waals surface area contributed by atoms with E-state index in [-0.39, 0.29) is 23.0 Å². The molecule has 4 nitrogen and oxygen atoms in total. The maximum absolute atomic E-state index is 13.4. The number of nitriles is 1. The number of hydrogen-bond acceptors (Lipinski definition) is 4. The Morgan fingerprint density at radius 3 is 2.21 bits per heavy atom. The third-order valence-corrected chi connectivity index (χ3v) is 5.20. The molecule has 0 amide bonds. The molecule has 6 heteroatoms. The van der Waals surface area contributed by atoms with E-state index in [9.17, 15) is 18.8 Å². The van der Waals surface area contributed by atoms with Gasteiger partial charge in [0.2, 0.25) is 0 Å². The summed E-state index contributed by atoms with van der Waals surface area (Å²) in [5.41, 5.74) is 9.06. The minimum absolute atomic E-state index is 0.0528. The molecule has 28 heavy (non-hydrogen) atoms. The van der Waals surface area contributed by atoms with E-state index in [1.807, 2.05) is 0 Å². The lowest BCUT2D eigenvalue weighted by atomic mass is 9.75. The number of nitrogens with zero attached hydrogens (tertiary/aromatic N) is 2. The van der Waals surface area contributed by atoms with Crippen molar-refractivity contribution < 1.29 is 13.6 Å². The highest BCUT2D eigenvalue weighted by Crippen LogP contribution is 2.46. The van der Waals surface area contributed by atoms with Crippen molar-refractivity contribution >= 4 is 11.5 Å². The first-order valence-electron chi connectivity index (χ1n) is 8.98. The maximum atomic E-state index is 13.4. The molecule has 0 saturated carbocycles. The van der Waals surface area contributed by atoms with Gasteiger partial charge >= 0.3 is 0 Å². The van der Waals surface area contributed by atoms with Crippen LogP contribution < -0.4 is 10.6 Å². The van der Waals surface area contributed by atoms with Crippen LogP contribution in [-0.4, -0.2) is 5.78 Å². The zero-order valence-electron chi connectivity index (χ0n) is 15.0. The van der Waals surface area contributed by atoms with Crippen LogP contribution in [0, 0.1) is 23.0 Å². The highest BCUT2D eigenvalue weighted by atomic mass is 19.1. The normalized spacial score (nSPS) is 19.5. The van der Waals surface area contributed by atoms with Gasteiger partial charge in [-0.3, -0.25) is 9.69 Å². The van der Waals surface area contributed by atoms with Gasteiger partial charge < -0.3 is 5.73 Å². The number of hydrogen-bond donors (Lipinski definition) is 1. The molecule has 0 saturated heterocycles. The highest BCUT2D eigenvalue weighted by Gasteiger charge is 2.40. The summed E-state index contributed by atoms with van der Waals surface area (Å²) in [5.74, 6) is -1.26. The first kappa shape index (κ1) is 17.9. The molecule has 2 aliphatic rings. The molecular weight excluding hydrogens is 360 g/mol. The van der Waals surface area contributed by atoms with Crippen molar-refractivity contribution in [3.05, 3.63) is 88.4 Å². The van der Waals surface area contributed by atoms with Crippen molar-refractivity contribution in [2.24, 2.45) is 5.73 Å². The summed E-state index contributed by atoms with van der Waals surface area (Å²) < 4.78 is 26.8. The van der Waals surface area contributed by atoms with Gasteiger partial charge in [-0.2, -0.15) is 5.26 Å². The summed E-state index contributed by atoms with van der Waals surface area (Å²) >= 11 is 0. The van der Waals surface area contributed by atoms with E-state index in [4.69, 9.17) is 5.73 Å². The molecule has 1 heterocycles. The van der Waals surface area contributed by atoms with Gasteiger partial charge in [-0.05, 0) is 54.8 Å². The number of benzene rings is 2. The monoisotopic (exact) mass is 377 g/mol. The zero-order valence-corrected chi connectivity index (χ0v) is 15.0. The fourth-order valence-corrected chi connectivity index (χ4v) is 3.96. The van der Waals surface area contributed by atoms with Crippen molar-refractivity contribution in [3.8, 4) is 6.07 Å². The van der Waals surface area contributed by atoms with Gasteiger partial charge in [0.05, 0.1) is 17.6 Å². The number of halogens is 2. The van der Waals surface area contributed by atoms with E-state index in [1.54, 1.807) is 29.2 Å². The Bertz CT molecular complexity index is 1050.